The van der Waals surface area contributed by atoms with E-state index in [9.17, 15) is 5.11 Å². The molecule has 1 aromatic heterocycles. The Kier molecular flexibility index (Phi) is 4.20. The van der Waals surface area contributed by atoms with Crippen LogP contribution in [0.4, 0.5) is 0 Å². The maximum Gasteiger partial charge on any atom is 0.0660 e. The summed E-state index contributed by atoms with van der Waals surface area (Å²) in [7, 11) is 0. The first kappa shape index (κ1) is 12.1. The fourth-order valence-corrected chi connectivity index (χ4v) is 1.52. The summed E-state index contributed by atoms with van der Waals surface area (Å²) in [6, 6.07) is 5.22. The first-order chi connectivity index (χ1) is 7.05. The van der Waals surface area contributed by atoms with Crippen LogP contribution in [0.25, 0.3) is 0 Å². The van der Waals surface area contributed by atoms with Crippen molar-refractivity contribution in [2.45, 2.75) is 31.4 Å². The summed E-state index contributed by atoms with van der Waals surface area (Å²) in [4.78, 5) is 4.12. The van der Waals surface area contributed by atoms with E-state index in [0.29, 0.717) is 12.8 Å². The molecule has 4 nitrogen and oxygen atoms in total. The second-order valence-corrected chi connectivity index (χ2v) is 4.04. The van der Waals surface area contributed by atoms with E-state index in [2.05, 4.69) is 4.98 Å². The summed E-state index contributed by atoms with van der Waals surface area (Å²) in [6.07, 6.45) is 2.40. The average Bonchev–Trinajstić information content (AvgIpc) is 2.18. The third-order valence-electron chi connectivity index (χ3n) is 2.38. The Bertz CT molecular complexity index is 288. The van der Waals surface area contributed by atoms with Gasteiger partial charge in [0.15, 0.2) is 0 Å². The third-order valence-corrected chi connectivity index (χ3v) is 2.38. The van der Waals surface area contributed by atoms with Crippen molar-refractivity contribution in [1.82, 2.24) is 4.98 Å². The van der Waals surface area contributed by atoms with E-state index < -0.39 is 5.60 Å². The molecule has 0 bridgehead atoms. The Hall–Kier alpha value is -0.970. The molecule has 0 radical (unpaired) electrons. The smallest absolute Gasteiger partial charge is 0.0660 e. The highest BCUT2D eigenvalue weighted by Gasteiger charge is 2.24. The molecule has 15 heavy (non-hydrogen) atoms. The van der Waals surface area contributed by atoms with E-state index in [1.807, 2.05) is 18.2 Å². The fourth-order valence-electron chi connectivity index (χ4n) is 1.52. The van der Waals surface area contributed by atoms with Gasteiger partial charge in [-0.1, -0.05) is 6.07 Å². The van der Waals surface area contributed by atoms with Gasteiger partial charge in [0.2, 0.25) is 0 Å². The van der Waals surface area contributed by atoms with Gasteiger partial charge in [-0.05, 0) is 31.9 Å². The monoisotopic (exact) mass is 210 g/mol. The van der Waals surface area contributed by atoms with Crippen LogP contribution in [-0.2, 0) is 0 Å². The highest BCUT2D eigenvalue weighted by molar-refractivity contribution is 5.08. The topological polar surface area (TPSA) is 79.4 Å². The summed E-state index contributed by atoms with van der Waals surface area (Å²) in [6.45, 7) is 1.63. The molecule has 1 heterocycles. The molecular formula is C11H18N2O2. The van der Waals surface area contributed by atoms with Crippen LogP contribution in [0.15, 0.2) is 24.4 Å². The highest BCUT2D eigenvalue weighted by atomic mass is 16.3. The lowest BCUT2D eigenvalue weighted by atomic mass is 9.92. The Labute approximate surface area is 89.8 Å². The van der Waals surface area contributed by atoms with E-state index in [4.69, 9.17) is 10.8 Å². The van der Waals surface area contributed by atoms with Gasteiger partial charge in [0, 0.05) is 18.8 Å². The minimum absolute atomic E-state index is 0.0397. The Balaban J connectivity index is 2.59. The van der Waals surface area contributed by atoms with Gasteiger partial charge in [0.05, 0.1) is 11.3 Å². The van der Waals surface area contributed by atoms with Crippen molar-refractivity contribution >= 4 is 0 Å². The lowest BCUT2D eigenvalue weighted by Crippen LogP contribution is -2.31. The quantitative estimate of drug-likeness (QED) is 0.665. The molecule has 0 aromatic carbocycles. The van der Waals surface area contributed by atoms with Crippen molar-refractivity contribution in [3.8, 4) is 0 Å². The summed E-state index contributed by atoms with van der Waals surface area (Å²) in [5, 5.41) is 18.6. The second-order valence-electron chi connectivity index (χ2n) is 4.04. The van der Waals surface area contributed by atoms with Gasteiger partial charge in [0.1, 0.15) is 0 Å². The molecule has 4 N–H and O–H groups in total. The molecule has 1 rings (SSSR count). The molecule has 84 valence electrons. The number of nitrogens with zero attached hydrogens (tertiary/aromatic N) is 1. The van der Waals surface area contributed by atoms with E-state index in [-0.39, 0.29) is 12.6 Å². The van der Waals surface area contributed by atoms with Crippen molar-refractivity contribution in [2.75, 3.05) is 6.61 Å². The lowest BCUT2D eigenvalue weighted by Gasteiger charge is -2.25. The number of nitrogens with two attached hydrogens (primary N) is 1. The first-order valence-electron chi connectivity index (χ1n) is 5.05. The molecule has 0 spiro atoms. The zero-order chi connectivity index (χ0) is 11.3. The van der Waals surface area contributed by atoms with Crippen molar-refractivity contribution in [3.05, 3.63) is 30.1 Å². The van der Waals surface area contributed by atoms with Crippen LogP contribution in [0.2, 0.25) is 0 Å². The van der Waals surface area contributed by atoms with Crippen molar-refractivity contribution < 1.29 is 10.2 Å². The summed E-state index contributed by atoms with van der Waals surface area (Å²) >= 11 is 0. The van der Waals surface area contributed by atoms with Crippen LogP contribution in [0.1, 0.15) is 31.5 Å². The van der Waals surface area contributed by atoms with Gasteiger partial charge < -0.3 is 15.9 Å². The fraction of sp³-hybridized carbons (Fsp3) is 0.545. The maximum absolute atomic E-state index is 9.88. The van der Waals surface area contributed by atoms with Crippen LogP contribution in [0.5, 0.6) is 0 Å². The number of aliphatic hydroxyl groups excluding tert-OH is 1. The van der Waals surface area contributed by atoms with E-state index in [1.165, 1.54) is 0 Å². The zero-order valence-corrected chi connectivity index (χ0v) is 8.93. The number of aromatic nitrogens is 1. The average molecular weight is 210 g/mol. The van der Waals surface area contributed by atoms with Gasteiger partial charge in [-0.25, -0.2) is 0 Å². The first-order valence-corrected chi connectivity index (χ1v) is 5.05. The van der Waals surface area contributed by atoms with E-state index in [0.717, 1.165) is 5.69 Å². The molecule has 4 heteroatoms. The number of hydrogen-bond donors (Lipinski definition) is 3. The molecule has 0 fully saturated rings. The second kappa shape index (κ2) is 5.21. The Morgan fingerprint density at radius 2 is 2.27 bits per heavy atom. The largest absolute Gasteiger partial charge is 0.396 e. The summed E-state index contributed by atoms with van der Waals surface area (Å²) < 4.78 is 0. The Morgan fingerprint density at radius 3 is 2.80 bits per heavy atom. The van der Waals surface area contributed by atoms with Crippen molar-refractivity contribution in [3.63, 3.8) is 0 Å². The van der Waals surface area contributed by atoms with Crippen LogP contribution in [-0.4, -0.2) is 27.4 Å². The summed E-state index contributed by atoms with van der Waals surface area (Å²) in [5.41, 5.74) is 5.73. The molecule has 0 aliphatic rings. The third kappa shape index (κ3) is 3.95. The normalized spacial score (nSPS) is 17.1. The van der Waals surface area contributed by atoms with Crippen molar-refractivity contribution in [1.29, 1.82) is 0 Å². The molecule has 0 aliphatic carbocycles. The van der Waals surface area contributed by atoms with Gasteiger partial charge >= 0.3 is 0 Å². The predicted molar refractivity (Wildman–Crippen MR) is 58.1 cm³/mol. The Morgan fingerprint density at radius 1 is 1.53 bits per heavy atom. The zero-order valence-electron chi connectivity index (χ0n) is 8.93. The minimum Gasteiger partial charge on any atom is -0.396 e. The van der Waals surface area contributed by atoms with Crippen LogP contribution < -0.4 is 5.73 Å². The SMILES string of the molecule is CC(O)(CCO)CC(N)c1ccccn1. The molecule has 2 atom stereocenters. The number of hydrogen-bond acceptors (Lipinski definition) is 4. The number of rotatable bonds is 5. The minimum atomic E-state index is -0.939. The van der Waals surface area contributed by atoms with Crippen LogP contribution >= 0.6 is 0 Å². The molecule has 0 saturated carbocycles. The molecule has 2 unspecified atom stereocenters. The van der Waals surface area contributed by atoms with E-state index in [1.54, 1.807) is 13.1 Å². The van der Waals surface area contributed by atoms with Gasteiger partial charge in [-0.15, -0.1) is 0 Å². The maximum atomic E-state index is 9.88. The molecule has 0 aliphatic heterocycles. The van der Waals surface area contributed by atoms with Crippen molar-refractivity contribution in [2.24, 2.45) is 5.73 Å². The van der Waals surface area contributed by atoms with E-state index >= 15 is 0 Å². The van der Waals surface area contributed by atoms with Gasteiger partial charge in [0.25, 0.3) is 0 Å². The van der Waals surface area contributed by atoms with Crippen LogP contribution in [0, 0.1) is 0 Å². The molecular weight excluding hydrogens is 192 g/mol. The standard InChI is InChI=1S/C11H18N2O2/c1-11(15,5-7-14)8-9(12)10-4-2-3-6-13-10/h2-4,6,9,14-15H,5,7-8,12H2,1H3. The number of pyridine rings is 1. The van der Waals surface area contributed by atoms with Gasteiger partial charge in [-0.2, -0.15) is 0 Å². The molecule has 0 saturated heterocycles. The highest BCUT2D eigenvalue weighted by Crippen LogP contribution is 2.22. The molecule has 1 aromatic rings. The predicted octanol–water partition coefficient (Wildman–Crippen LogP) is 0.605. The van der Waals surface area contributed by atoms with Crippen LogP contribution in [0.3, 0.4) is 0 Å². The summed E-state index contributed by atoms with van der Waals surface area (Å²) in [5.74, 6) is 0. The van der Waals surface area contributed by atoms with Gasteiger partial charge in [-0.3, -0.25) is 4.98 Å². The molecule has 0 amide bonds. The lowest BCUT2D eigenvalue weighted by molar-refractivity contribution is 0.0192. The number of aliphatic hydroxyl groups is 2.